The molecule has 0 saturated carbocycles. The van der Waals surface area contributed by atoms with Gasteiger partial charge in [-0.1, -0.05) is 0 Å². The zero-order valence-corrected chi connectivity index (χ0v) is 10.6. The number of hydrogen-bond donors (Lipinski definition) is 1. The predicted octanol–water partition coefficient (Wildman–Crippen LogP) is 0.270. The van der Waals surface area contributed by atoms with Crippen molar-refractivity contribution in [1.82, 2.24) is 24.8 Å². The number of nitrogens with zero attached hydrogens (tertiary/aromatic N) is 5. The van der Waals surface area contributed by atoms with Gasteiger partial charge in [0.05, 0.1) is 6.61 Å². The normalized spacial score (nSPS) is 10.3. The van der Waals surface area contributed by atoms with Gasteiger partial charge in [-0.3, -0.25) is 4.57 Å². The summed E-state index contributed by atoms with van der Waals surface area (Å²) in [5.41, 5.74) is 0.971. The van der Waals surface area contributed by atoms with Crippen molar-refractivity contribution in [3.8, 4) is 12.0 Å². The van der Waals surface area contributed by atoms with Crippen molar-refractivity contribution in [1.29, 1.82) is 5.26 Å². The van der Waals surface area contributed by atoms with Crippen molar-refractivity contribution >= 4 is 0 Å². The van der Waals surface area contributed by atoms with Gasteiger partial charge in [-0.2, -0.15) is 5.26 Å². The van der Waals surface area contributed by atoms with Crippen molar-refractivity contribution in [2.45, 2.75) is 6.54 Å². The molecule has 0 aromatic carbocycles. The van der Waals surface area contributed by atoms with Crippen molar-refractivity contribution in [3.05, 3.63) is 36.2 Å². The average Bonchev–Trinajstić information content (AvgIpc) is 2.93. The number of aromatic nitrogens is 4. The minimum atomic E-state index is 0.269. The second-order valence-corrected chi connectivity index (χ2v) is 3.79. The highest BCUT2D eigenvalue weighted by molar-refractivity contribution is 5.23. The fraction of sp³-hybridized carbons (Fsp3) is 0.333. The van der Waals surface area contributed by atoms with E-state index in [1.165, 1.54) is 0 Å². The standard InChI is InChI=1S/C12H14N6O/c1-19-5-3-14-7-10-8-16-12(17-9-10)18-4-2-15-11(18)6-13/h2,4,8-9,14H,3,5,7H2,1H3. The van der Waals surface area contributed by atoms with Crippen LogP contribution in [0.2, 0.25) is 0 Å². The van der Waals surface area contributed by atoms with E-state index >= 15 is 0 Å². The summed E-state index contributed by atoms with van der Waals surface area (Å²) in [6.07, 6.45) is 6.65. The molecule has 0 fully saturated rings. The van der Waals surface area contributed by atoms with E-state index in [2.05, 4.69) is 20.3 Å². The molecule has 2 rings (SSSR count). The number of imidazole rings is 1. The Morgan fingerprint density at radius 2 is 2.16 bits per heavy atom. The molecule has 19 heavy (non-hydrogen) atoms. The zero-order valence-electron chi connectivity index (χ0n) is 10.6. The second-order valence-electron chi connectivity index (χ2n) is 3.79. The highest BCUT2D eigenvalue weighted by Crippen LogP contribution is 2.04. The van der Waals surface area contributed by atoms with Crippen LogP contribution in [0.25, 0.3) is 5.95 Å². The van der Waals surface area contributed by atoms with Crippen molar-refractivity contribution in [2.75, 3.05) is 20.3 Å². The van der Waals surface area contributed by atoms with E-state index in [-0.39, 0.29) is 5.82 Å². The Morgan fingerprint density at radius 1 is 1.37 bits per heavy atom. The van der Waals surface area contributed by atoms with Gasteiger partial charge in [-0.05, 0) is 0 Å². The van der Waals surface area contributed by atoms with Crippen LogP contribution in [0, 0.1) is 11.3 Å². The molecule has 0 bridgehead atoms. The lowest BCUT2D eigenvalue weighted by atomic mass is 10.3. The van der Waals surface area contributed by atoms with E-state index in [4.69, 9.17) is 10.00 Å². The molecule has 0 unspecified atom stereocenters. The fourth-order valence-corrected chi connectivity index (χ4v) is 1.52. The molecule has 2 aromatic rings. The third-order valence-corrected chi connectivity index (χ3v) is 2.46. The van der Waals surface area contributed by atoms with E-state index in [0.717, 1.165) is 12.1 Å². The van der Waals surface area contributed by atoms with Crippen LogP contribution in [-0.4, -0.2) is 39.8 Å². The number of methoxy groups -OCH3 is 1. The highest BCUT2D eigenvalue weighted by Gasteiger charge is 2.06. The smallest absolute Gasteiger partial charge is 0.235 e. The molecule has 0 amide bonds. The van der Waals surface area contributed by atoms with Gasteiger partial charge in [0.25, 0.3) is 0 Å². The minimum absolute atomic E-state index is 0.269. The van der Waals surface area contributed by atoms with Crippen LogP contribution in [0.3, 0.4) is 0 Å². The first-order valence-corrected chi connectivity index (χ1v) is 5.79. The molecule has 0 aliphatic rings. The maximum atomic E-state index is 8.88. The summed E-state index contributed by atoms with van der Waals surface area (Å²) in [7, 11) is 1.66. The summed E-state index contributed by atoms with van der Waals surface area (Å²) in [5, 5.41) is 12.1. The van der Waals surface area contributed by atoms with E-state index in [0.29, 0.717) is 19.1 Å². The third kappa shape index (κ3) is 3.34. The summed E-state index contributed by atoms with van der Waals surface area (Å²) < 4.78 is 6.48. The largest absolute Gasteiger partial charge is 0.383 e. The molecule has 0 atom stereocenters. The van der Waals surface area contributed by atoms with Crippen LogP contribution in [0.4, 0.5) is 0 Å². The number of nitrogens with one attached hydrogen (secondary N) is 1. The monoisotopic (exact) mass is 258 g/mol. The molecule has 0 saturated heterocycles. The van der Waals surface area contributed by atoms with Gasteiger partial charge in [-0.15, -0.1) is 0 Å². The molecule has 98 valence electrons. The summed E-state index contributed by atoms with van der Waals surface area (Å²) in [6, 6.07) is 1.98. The van der Waals surface area contributed by atoms with Gasteiger partial charge in [0.15, 0.2) is 0 Å². The van der Waals surface area contributed by atoms with Gasteiger partial charge < -0.3 is 10.1 Å². The van der Waals surface area contributed by atoms with Crippen LogP contribution >= 0.6 is 0 Å². The molecular weight excluding hydrogens is 244 g/mol. The topological polar surface area (TPSA) is 88.6 Å². The lowest BCUT2D eigenvalue weighted by Crippen LogP contribution is -2.18. The van der Waals surface area contributed by atoms with Crippen LogP contribution in [0.1, 0.15) is 11.4 Å². The molecule has 2 aromatic heterocycles. The summed E-state index contributed by atoms with van der Waals surface area (Å²) in [5.74, 6) is 0.709. The molecule has 0 spiro atoms. The molecule has 7 nitrogen and oxygen atoms in total. The minimum Gasteiger partial charge on any atom is -0.383 e. The number of nitriles is 1. The summed E-state index contributed by atoms with van der Waals surface area (Å²) >= 11 is 0. The van der Waals surface area contributed by atoms with Gasteiger partial charge >= 0.3 is 0 Å². The van der Waals surface area contributed by atoms with Gasteiger partial charge in [-0.25, -0.2) is 15.0 Å². The molecule has 1 N–H and O–H groups in total. The van der Waals surface area contributed by atoms with Crippen molar-refractivity contribution in [3.63, 3.8) is 0 Å². The first kappa shape index (κ1) is 13.1. The van der Waals surface area contributed by atoms with E-state index in [1.54, 1.807) is 36.5 Å². The van der Waals surface area contributed by atoms with Crippen LogP contribution in [-0.2, 0) is 11.3 Å². The third-order valence-electron chi connectivity index (χ3n) is 2.46. The van der Waals surface area contributed by atoms with Crippen molar-refractivity contribution in [2.24, 2.45) is 0 Å². The summed E-state index contributed by atoms with van der Waals surface area (Å²) in [4.78, 5) is 12.3. The van der Waals surface area contributed by atoms with Gasteiger partial charge in [0, 0.05) is 50.6 Å². The molecule has 0 radical (unpaired) electrons. The number of ether oxygens (including phenoxy) is 1. The SMILES string of the molecule is COCCNCc1cnc(-n2ccnc2C#N)nc1. The highest BCUT2D eigenvalue weighted by atomic mass is 16.5. The Bertz CT molecular complexity index is 556. The Morgan fingerprint density at radius 3 is 2.84 bits per heavy atom. The molecule has 0 aliphatic heterocycles. The Labute approximate surface area is 110 Å². The van der Waals surface area contributed by atoms with E-state index in [9.17, 15) is 0 Å². The number of rotatable bonds is 6. The van der Waals surface area contributed by atoms with Crippen molar-refractivity contribution < 1.29 is 4.74 Å². The van der Waals surface area contributed by atoms with E-state index in [1.807, 2.05) is 6.07 Å². The number of hydrogen-bond acceptors (Lipinski definition) is 6. The zero-order chi connectivity index (χ0) is 13.5. The van der Waals surface area contributed by atoms with Gasteiger partial charge in [0.2, 0.25) is 11.8 Å². The molecule has 7 heteroatoms. The fourth-order valence-electron chi connectivity index (χ4n) is 1.52. The Kier molecular flexibility index (Phi) is 4.55. The Balaban J connectivity index is 2.01. The Hall–Kier alpha value is -2.30. The molecule has 2 heterocycles. The van der Waals surface area contributed by atoms with Gasteiger partial charge in [0.1, 0.15) is 6.07 Å². The predicted molar refractivity (Wildman–Crippen MR) is 67.5 cm³/mol. The first-order chi connectivity index (χ1) is 9.35. The first-order valence-electron chi connectivity index (χ1n) is 5.79. The maximum absolute atomic E-state index is 8.88. The summed E-state index contributed by atoms with van der Waals surface area (Å²) in [6.45, 7) is 2.12. The lowest BCUT2D eigenvalue weighted by molar-refractivity contribution is 0.199. The van der Waals surface area contributed by atoms with Crippen LogP contribution in [0.15, 0.2) is 24.8 Å². The average molecular weight is 258 g/mol. The van der Waals surface area contributed by atoms with E-state index < -0.39 is 0 Å². The maximum Gasteiger partial charge on any atom is 0.235 e. The quantitative estimate of drug-likeness (QED) is 0.748. The second kappa shape index (κ2) is 6.58. The lowest BCUT2D eigenvalue weighted by Gasteiger charge is -2.05. The molecular formula is C12H14N6O. The molecule has 0 aliphatic carbocycles. The van der Waals surface area contributed by atoms with Crippen LogP contribution < -0.4 is 5.32 Å². The van der Waals surface area contributed by atoms with Crippen LogP contribution in [0.5, 0.6) is 0 Å².